The molecule has 2 heterocycles. The molecule has 0 spiro atoms. The van der Waals surface area contributed by atoms with Gasteiger partial charge in [-0.05, 0) is 65.8 Å². The van der Waals surface area contributed by atoms with Gasteiger partial charge >= 0.3 is 0 Å². The van der Waals surface area contributed by atoms with Gasteiger partial charge in [-0.25, -0.2) is 0 Å². The normalized spacial score (nSPS) is 11.8. The van der Waals surface area contributed by atoms with Gasteiger partial charge in [-0.15, -0.1) is 10.2 Å². The van der Waals surface area contributed by atoms with E-state index in [2.05, 4.69) is 73.6 Å². The molecule has 0 atom stereocenters. The zero-order valence-electron chi connectivity index (χ0n) is 18.1. The number of furan rings is 1. The lowest BCUT2D eigenvalue weighted by Gasteiger charge is -2.22. The summed E-state index contributed by atoms with van der Waals surface area (Å²) in [6.45, 7) is 11.2. The molecule has 0 aliphatic carbocycles. The van der Waals surface area contributed by atoms with Crippen LogP contribution in [0.1, 0.15) is 43.0 Å². The molecule has 2 aromatic heterocycles. The van der Waals surface area contributed by atoms with E-state index in [0.717, 1.165) is 16.6 Å². The first-order valence-corrected chi connectivity index (χ1v) is 11.1. The van der Waals surface area contributed by atoms with E-state index >= 15 is 0 Å². The van der Waals surface area contributed by atoms with Gasteiger partial charge in [0.2, 0.25) is 5.82 Å². The fourth-order valence-electron chi connectivity index (χ4n) is 3.53. The van der Waals surface area contributed by atoms with Crippen LogP contribution in [0.3, 0.4) is 0 Å². The average Bonchev–Trinajstić information content (AvgIpc) is 3.37. The van der Waals surface area contributed by atoms with E-state index in [0.29, 0.717) is 11.6 Å². The molecular formula is C25H27N3OS. The van der Waals surface area contributed by atoms with Crippen LogP contribution in [0, 0.1) is 13.8 Å². The van der Waals surface area contributed by atoms with Crippen molar-refractivity contribution >= 4 is 11.8 Å². The third kappa shape index (κ3) is 4.08. The molecule has 4 aromatic rings. The standard InChI is InChI=1S/C25H27N3OS/c1-17-14-19(25(3,4)5)15-18(2)21(17)16-30-24-27-26-23(22-12-9-13-29-22)28(24)20-10-7-6-8-11-20/h6-15H,16H2,1-5H3. The Hall–Kier alpha value is -2.79. The maximum Gasteiger partial charge on any atom is 0.205 e. The molecular weight excluding hydrogens is 390 g/mol. The Bertz CT molecular complexity index is 1120. The van der Waals surface area contributed by atoms with E-state index < -0.39 is 0 Å². The molecule has 0 saturated carbocycles. The van der Waals surface area contributed by atoms with Crippen molar-refractivity contribution in [2.45, 2.75) is 50.9 Å². The van der Waals surface area contributed by atoms with Gasteiger partial charge in [0.05, 0.1) is 6.26 Å². The van der Waals surface area contributed by atoms with Crippen LogP contribution in [-0.2, 0) is 11.2 Å². The molecule has 2 aromatic carbocycles. The first-order valence-electron chi connectivity index (χ1n) is 10.1. The first kappa shape index (κ1) is 20.5. The third-order valence-corrected chi connectivity index (χ3v) is 6.25. The molecule has 0 amide bonds. The highest BCUT2D eigenvalue weighted by atomic mass is 32.2. The van der Waals surface area contributed by atoms with Crippen LogP contribution >= 0.6 is 11.8 Å². The van der Waals surface area contributed by atoms with Gasteiger partial charge in [0.1, 0.15) is 0 Å². The van der Waals surface area contributed by atoms with E-state index in [1.807, 2.05) is 30.3 Å². The molecule has 0 bridgehead atoms. The lowest BCUT2D eigenvalue weighted by molar-refractivity contribution is 0.575. The molecule has 4 nitrogen and oxygen atoms in total. The Labute approximate surface area is 182 Å². The first-order chi connectivity index (χ1) is 14.3. The molecule has 0 fully saturated rings. The van der Waals surface area contributed by atoms with Crippen LogP contribution in [0.15, 0.2) is 70.4 Å². The lowest BCUT2D eigenvalue weighted by Crippen LogP contribution is -2.12. The second-order valence-corrected chi connectivity index (χ2v) is 9.52. The smallest absolute Gasteiger partial charge is 0.205 e. The van der Waals surface area contributed by atoms with Crippen molar-refractivity contribution < 1.29 is 4.42 Å². The number of nitrogens with zero attached hydrogens (tertiary/aromatic N) is 3. The van der Waals surface area contributed by atoms with Crippen molar-refractivity contribution in [3.05, 3.63) is 83.1 Å². The highest BCUT2D eigenvalue weighted by molar-refractivity contribution is 7.98. The summed E-state index contributed by atoms with van der Waals surface area (Å²) in [4.78, 5) is 0. The largest absolute Gasteiger partial charge is 0.461 e. The zero-order valence-corrected chi connectivity index (χ0v) is 19.0. The summed E-state index contributed by atoms with van der Waals surface area (Å²) in [7, 11) is 0. The number of aryl methyl sites for hydroxylation is 2. The quantitative estimate of drug-likeness (QED) is 0.338. The van der Waals surface area contributed by atoms with Crippen LogP contribution < -0.4 is 0 Å². The molecule has 154 valence electrons. The summed E-state index contributed by atoms with van der Waals surface area (Å²) in [5.41, 5.74) is 6.54. The Morgan fingerprint density at radius 3 is 2.23 bits per heavy atom. The minimum absolute atomic E-state index is 0.145. The Kier molecular flexibility index (Phi) is 5.56. The third-order valence-electron chi connectivity index (χ3n) is 5.30. The summed E-state index contributed by atoms with van der Waals surface area (Å²) in [5, 5.41) is 9.79. The van der Waals surface area contributed by atoms with Gasteiger partial charge in [0, 0.05) is 11.4 Å². The number of aromatic nitrogens is 3. The van der Waals surface area contributed by atoms with Gasteiger partial charge < -0.3 is 4.42 Å². The molecule has 0 saturated heterocycles. The summed E-state index contributed by atoms with van der Waals surface area (Å²) in [6.07, 6.45) is 1.66. The minimum Gasteiger partial charge on any atom is -0.461 e. The Morgan fingerprint density at radius 1 is 0.933 bits per heavy atom. The fraction of sp³-hybridized carbons (Fsp3) is 0.280. The van der Waals surface area contributed by atoms with Gasteiger partial charge in [0.25, 0.3) is 0 Å². The van der Waals surface area contributed by atoms with Crippen LogP contribution in [0.25, 0.3) is 17.3 Å². The maximum absolute atomic E-state index is 5.61. The highest BCUT2D eigenvalue weighted by Gasteiger charge is 2.20. The van der Waals surface area contributed by atoms with E-state index in [9.17, 15) is 0 Å². The Morgan fingerprint density at radius 2 is 1.63 bits per heavy atom. The van der Waals surface area contributed by atoms with Gasteiger partial charge in [-0.1, -0.05) is 62.9 Å². The van der Waals surface area contributed by atoms with E-state index in [1.165, 1.54) is 22.3 Å². The molecule has 0 N–H and O–H groups in total. The number of hydrogen-bond donors (Lipinski definition) is 0. The van der Waals surface area contributed by atoms with Crippen molar-refractivity contribution in [1.82, 2.24) is 14.8 Å². The molecule has 0 aliphatic heterocycles. The Balaban J connectivity index is 1.68. The maximum atomic E-state index is 5.61. The monoisotopic (exact) mass is 417 g/mol. The van der Waals surface area contributed by atoms with Gasteiger partial charge in [-0.2, -0.15) is 0 Å². The van der Waals surface area contributed by atoms with Crippen LogP contribution in [0.5, 0.6) is 0 Å². The molecule has 0 aliphatic rings. The number of rotatable bonds is 5. The SMILES string of the molecule is Cc1cc(C(C)(C)C)cc(C)c1CSc1nnc(-c2ccco2)n1-c1ccccc1. The number of para-hydroxylation sites is 1. The zero-order chi connectivity index (χ0) is 21.3. The second-order valence-electron chi connectivity index (χ2n) is 8.58. The van der Waals surface area contributed by atoms with Crippen molar-refractivity contribution in [1.29, 1.82) is 0 Å². The average molecular weight is 418 g/mol. The van der Waals surface area contributed by atoms with Crippen molar-refractivity contribution in [3.8, 4) is 17.3 Å². The summed E-state index contributed by atoms with van der Waals surface area (Å²) < 4.78 is 7.68. The van der Waals surface area contributed by atoms with E-state index in [4.69, 9.17) is 4.42 Å². The van der Waals surface area contributed by atoms with Crippen molar-refractivity contribution in [2.75, 3.05) is 0 Å². The van der Waals surface area contributed by atoms with Crippen molar-refractivity contribution in [2.24, 2.45) is 0 Å². The lowest BCUT2D eigenvalue weighted by atomic mass is 9.84. The summed E-state index contributed by atoms with van der Waals surface area (Å²) >= 11 is 1.70. The summed E-state index contributed by atoms with van der Waals surface area (Å²) in [6, 6.07) is 18.6. The van der Waals surface area contributed by atoms with Crippen LogP contribution in [0.2, 0.25) is 0 Å². The highest BCUT2D eigenvalue weighted by Crippen LogP contribution is 2.33. The second kappa shape index (κ2) is 8.15. The fourth-order valence-corrected chi connectivity index (χ4v) is 4.68. The molecule has 4 rings (SSSR count). The number of hydrogen-bond acceptors (Lipinski definition) is 4. The van der Waals surface area contributed by atoms with Crippen LogP contribution in [-0.4, -0.2) is 14.8 Å². The number of benzene rings is 2. The van der Waals surface area contributed by atoms with Crippen molar-refractivity contribution in [3.63, 3.8) is 0 Å². The van der Waals surface area contributed by atoms with Gasteiger partial charge in [-0.3, -0.25) is 4.57 Å². The van der Waals surface area contributed by atoms with Crippen LogP contribution in [0.4, 0.5) is 0 Å². The predicted molar refractivity (Wildman–Crippen MR) is 123 cm³/mol. The van der Waals surface area contributed by atoms with E-state index in [1.54, 1.807) is 18.0 Å². The predicted octanol–water partition coefficient (Wildman–Crippen LogP) is 6.73. The van der Waals surface area contributed by atoms with Gasteiger partial charge in [0.15, 0.2) is 10.9 Å². The number of thioether (sulfide) groups is 1. The topological polar surface area (TPSA) is 43.9 Å². The molecule has 30 heavy (non-hydrogen) atoms. The molecule has 5 heteroatoms. The van der Waals surface area contributed by atoms with E-state index in [-0.39, 0.29) is 5.41 Å². The summed E-state index contributed by atoms with van der Waals surface area (Å²) in [5.74, 6) is 2.26. The minimum atomic E-state index is 0.145. The molecule has 0 radical (unpaired) electrons. The molecule has 0 unspecified atom stereocenters.